The van der Waals surface area contributed by atoms with Crippen LogP contribution in [-0.2, 0) is 24.7 Å². The molecule has 21 heavy (non-hydrogen) atoms. The van der Waals surface area contributed by atoms with E-state index in [9.17, 15) is 22.0 Å². The molecule has 0 amide bonds. The van der Waals surface area contributed by atoms with Crippen LogP contribution in [0.4, 0.5) is 22.0 Å². The number of hydrogen-bond donors (Lipinski definition) is 1. The molecule has 0 bridgehead atoms. The fourth-order valence-corrected chi connectivity index (χ4v) is 1.85. The van der Waals surface area contributed by atoms with Gasteiger partial charge in [-0.3, -0.25) is 0 Å². The summed E-state index contributed by atoms with van der Waals surface area (Å²) in [5.74, 6) is -3.49. The minimum Gasteiger partial charge on any atom is -0.483 e. The summed E-state index contributed by atoms with van der Waals surface area (Å²) in [7, 11) is 0. The Kier molecular flexibility index (Phi) is 5.26. The van der Waals surface area contributed by atoms with Crippen LogP contribution in [0.5, 0.6) is 5.75 Å². The Balaban J connectivity index is 0.00000220. The zero-order valence-electron chi connectivity index (χ0n) is 10.4. The van der Waals surface area contributed by atoms with E-state index in [4.69, 9.17) is 10.00 Å². The molecule has 0 spiro atoms. The van der Waals surface area contributed by atoms with Gasteiger partial charge in [-0.1, -0.05) is 0 Å². The van der Waals surface area contributed by atoms with Crippen LogP contribution in [0, 0.1) is 11.3 Å². The Labute approximate surface area is 129 Å². The van der Waals surface area contributed by atoms with E-state index < -0.39 is 35.9 Å². The van der Waals surface area contributed by atoms with Crippen LogP contribution in [0.1, 0.15) is 11.1 Å². The minimum atomic E-state index is -4.75. The summed E-state index contributed by atoms with van der Waals surface area (Å²) in [6, 6.07) is 3.94. The number of alkyl halides is 5. The van der Waals surface area contributed by atoms with E-state index in [2.05, 4.69) is 5.32 Å². The van der Waals surface area contributed by atoms with Crippen LogP contribution in [0.15, 0.2) is 18.2 Å². The first-order valence-electron chi connectivity index (χ1n) is 5.60. The van der Waals surface area contributed by atoms with Crippen molar-refractivity contribution >= 4 is 0 Å². The SMILES string of the molecule is N#Cc1ccc(O[C@H]2CNCC2(F)F)cc1C(F)(F)F.[V]. The molecule has 113 valence electrons. The smallest absolute Gasteiger partial charge is 0.417 e. The van der Waals surface area contributed by atoms with Gasteiger partial charge in [0.15, 0.2) is 6.10 Å². The van der Waals surface area contributed by atoms with Crippen molar-refractivity contribution < 1.29 is 45.2 Å². The van der Waals surface area contributed by atoms with E-state index in [0.29, 0.717) is 6.07 Å². The van der Waals surface area contributed by atoms with E-state index in [0.717, 1.165) is 12.1 Å². The Hall–Kier alpha value is -1.30. The van der Waals surface area contributed by atoms with Crippen molar-refractivity contribution in [1.82, 2.24) is 5.32 Å². The molecule has 1 fully saturated rings. The summed E-state index contributed by atoms with van der Waals surface area (Å²) in [6.07, 6.45) is -6.28. The van der Waals surface area contributed by atoms with Gasteiger partial charge >= 0.3 is 6.18 Å². The molecule has 1 aromatic carbocycles. The first kappa shape index (κ1) is 17.8. The van der Waals surface area contributed by atoms with E-state index in [-0.39, 0.29) is 30.8 Å². The van der Waals surface area contributed by atoms with Gasteiger partial charge in [-0.2, -0.15) is 18.4 Å². The Morgan fingerprint density at radius 2 is 2.00 bits per heavy atom. The van der Waals surface area contributed by atoms with Gasteiger partial charge in [-0.05, 0) is 18.2 Å². The van der Waals surface area contributed by atoms with Gasteiger partial charge in [0.05, 0.1) is 23.7 Å². The molecule has 1 radical (unpaired) electrons. The Morgan fingerprint density at radius 1 is 1.33 bits per heavy atom. The summed E-state index contributed by atoms with van der Waals surface area (Å²) in [5.41, 5.74) is -1.78. The minimum absolute atomic E-state index is 0. The predicted molar refractivity (Wildman–Crippen MR) is 58.4 cm³/mol. The molecule has 1 saturated heterocycles. The van der Waals surface area contributed by atoms with E-state index in [1.165, 1.54) is 6.07 Å². The van der Waals surface area contributed by atoms with Crippen molar-refractivity contribution in [3.8, 4) is 11.8 Å². The van der Waals surface area contributed by atoms with E-state index in [1.807, 2.05) is 0 Å². The molecule has 1 heterocycles. The van der Waals surface area contributed by atoms with Crippen LogP contribution in [0.3, 0.4) is 0 Å². The van der Waals surface area contributed by atoms with Gasteiger partial charge in [0.2, 0.25) is 0 Å². The number of benzene rings is 1. The summed E-state index contributed by atoms with van der Waals surface area (Å²) in [5, 5.41) is 11.0. The fourth-order valence-electron chi connectivity index (χ4n) is 1.85. The zero-order chi connectivity index (χ0) is 15.0. The largest absolute Gasteiger partial charge is 0.483 e. The van der Waals surface area contributed by atoms with Gasteiger partial charge < -0.3 is 10.1 Å². The van der Waals surface area contributed by atoms with Crippen LogP contribution < -0.4 is 10.1 Å². The van der Waals surface area contributed by atoms with Crippen molar-refractivity contribution in [1.29, 1.82) is 5.26 Å². The molecule has 0 aromatic heterocycles. The van der Waals surface area contributed by atoms with Crippen molar-refractivity contribution in [2.75, 3.05) is 13.1 Å². The summed E-state index contributed by atoms with van der Waals surface area (Å²) < 4.78 is 69.7. The summed E-state index contributed by atoms with van der Waals surface area (Å²) in [4.78, 5) is 0. The van der Waals surface area contributed by atoms with E-state index in [1.54, 1.807) is 0 Å². The molecular formula is C12H9F5N2OV. The maximum atomic E-state index is 13.3. The first-order valence-corrected chi connectivity index (χ1v) is 5.60. The van der Waals surface area contributed by atoms with Crippen LogP contribution >= 0.6 is 0 Å². The molecule has 0 aliphatic carbocycles. The van der Waals surface area contributed by atoms with Crippen molar-refractivity contribution in [2.24, 2.45) is 0 Å². The van der Waals surface area contributed by atoms with Crippen LogP contribution in [0.2, 0.25) is 0 Å². The second-order valence-electron chi connectivity index (χ2n) is 4.32. The number of nitriles is 1. The monoisotopic (exact) mass is 343 g/mol. The molecule has 1 N–H and O–H groups in total. The standard InChI is InChI=1S/C12H9F5N2O.V/c13-11(14)6-19-5-10(11)20-8-2-1-7(4-18)9(3-8)12(15,16)17;/h1-3,10,19H,5-6H2;/t10-;/m0./s1. The molecule has 1 aliphatic heterocycles. The average Bonchev–Trinajstić information content (AvgIpc) is 2.67. The maximum Gasteiger partial charge on any atom is 0.417 e. The van der Waals surface area contributed by atoms with Crippen molar-refractivity contribution in [2.45, 2.75) is 18.2 Å². The second-order valence-corrected chi connectivity index (χ2v) is 4.32. The summed E-state index contributed by atoms with van der Waals surface area (Å²) in [6.45, 7) is -0.742. The van der Waals surface area contributed by atoms with E-state index >= 15 is 0 Å². The summed E-state index contributed by atoms with van der Waals surface area (Å²) >= 11 is 0. The third kappa shape index (κ3) is 3.87. The first-order chi connectivity index (χ1) is 9.24. The quantitative estimate of drug-likeness (QED) is 0.840. The number of nitrogens with zero attached hydrogens (tertiary/aromatic N) is 1. The molecule has 1 atom stereocenters. The van der Waals surface area contributed by atoms with Gasteiger partial charge in [0.1, 0.15) is 5.75 Å². The average molecular weight is 343 g/mol. The topological polar surface area (TPSA) is 45.0 Å². The third-order valence-corrected chi connectivity index (χ3v) is 2.86. The number of ether oxygens (including phenoxy) is 1. The molecule has 1 aromatic rings. The molecular weight excluding hydrogens is 334 g/mol. The molecule has 2 rings (SSSR count). The normalized spacial score (nSPS) is 20.5. The van der Waals surface area contributed by atoms with Gasteiger partial charge in [0.25, 0.3) is 5.92 Å². The molecule has 0 unspecified atom stereocenters. The zero-order valence-corrected chi connectivity index (χ0v) is 11.8. The van der Waals surface area contributed by atoms with Gasteiger partial charge in [0, 0.05) is 25.1 Å². The number of hydrogen-bond acceptors (Lipinski definition) is 3. The van der Waals surface area contributed by atoms with Gasteiger partial charge in [-0.15, -0.1) is 0 Å². The number of halogens is 5. The molecule has 9 heteroatoms. The second kappa shape index (κ2) is 6.22. The predicted octanol–water partition coefficient (Wildman–Crippen LogP) is 2.56. The maximum absolute atomic E-state index is 13.3. The molecule has 3 nitrogen and oxygen atoms in total. The third-order valence-electron chi connectivity index (χ3n) is 2.86. The molecule has 0 saturated carbocycles. The van der Waals surface area contributed by atoms with Gasteiger partial charge in [-0.25, -0.2) is 8.78 Å². The molecule has 1 aliphatic rings. The fraction of sp³-hybridized carbons (Fsp3) is 0.417. The van der Waals surface area contributed by atoms with Crippen LogP contribution in [-0.4, -0.2) is 25.1 Å². The van der Waals surface area contributed by atoms with Crippen LogP contribution in [0.25, 0.3) is 0 Å². The Bertz CT molecular complexity index is 556. The van der Waals surface area contributed by atoms with Crippen molar-refractivity contribution in [3.05, 3.63) is 29.3 Å². The number of nitrogens with one attached hydrogen (secondary N) is 1. The Morgan fingerprint density at radius 3 is 2.48 bits per heavy atom. The number of rotatable bonds is 2. The van der Waals surface area contributed by atoms with Crippen molar-refractivity contribution in [3.63, 3.8) is 0 Å².